The number of halogens is 1. The molecule has 1 N–H and O–H groups in total. The molecule has 0 aliphatic carbocycles. The smallest absolute Gasteiger partial charge is 0.244 e. The number of hydrogen-bond donors (Lipinski definition) is 1. The molecule has 9 heteroatoms. The molecule has 0 bridgehead atoms. The topological polar surface area (TPSA) is 86.8 Å². The lowest BCUT2D eigenvalue weighted by Gasteiger charge is -2.34. The molecule has 2 unspecified atom stereocenters. The highest BCUT2D eigenvalue weighted by Gasteiger charge is 2.33. The van der Waals surface area contributed by atoms with Gasteiger partial charge in [-0.2, -0.15) is 0 Å². The number of carbonyl (C=O) groups is 2. The molecule has 0 spiro atoms. The third kappa shape index (κ3) is 8.33. The Bertz CT molecular complexity index is 1300. The lowest BCUT2D eigenvalue weighted by molar-refractivity contribution is -0.140. The highest BCUT2D eigenvalue weighted by Crippen LogP contribution is 2.22. The minimum Gasteiger partial charge on any atom is -0.352 e. The molecular formula is C29H34ClN3O4S. The molecule has 0 radical (unpaired) electrons. The molecular weight excluding hydrogens is 522 g/mol. The quantitative estimate of drug-likeness (QED) is 0.352. The van der Waals surface area contributed by atoms with Gasteiger partial charge in [-0.25, -0.2) is 8.42 Å². The molecule has 3 aromatic rings. The van der Waals surface area contributed by atoms with Crippen LogP contribution in [0.5, 0.6) is 0 Å². The molecule has 0 saturated carbocycles. The molecule has 2 atom stereocenters. The van der Waals surface area contributed by atoms with Crippen LogP contribution in [0.2, 0.25) is 5.02 Å². The van der Waals surface area contributed by atoms with Crippen molar-refractivity contribution in [3.8, 4) is 0 Å². The van der Waals surface area contributed by atoms with Gasteiger partial charge in [0, 0.05) is 24.0 Å². The average Bonchev–Trinajstić information content (AvgIpc) is 2.90. The van der Waals surface area contributed by atoms with Crippen LogP contribution < -0.4 is 9.62 Å². The van der Waals surface area contributed by atoms with Crippen LogP contribution in [-0.2, 0) is 32.6 Å². The van der Waals surface area contributed by atoms with E-state index < -0.39 is 28.5 Å². The zero-order valence-corrected chi connectivity index (χ0v) is 23.5. The molecule has 3 aromatic carbocycles. The van der Waals surface area contributed by atoms with Crippen LogP contribution in [-0.4, -0.2) is 50.0 Å². The summed E-state index contributed by atoms with van der Waals surface area (Å²) in [7, 11) is -3.82. The van der Waals surface area contributed by atoms with E-state index in [2.05, 4.69) is 5.32 Å². The lowest BCUT2D eigenvalue weighted by atomic mass is 10.0. The molecule has 7 nitrogen and oxygen atoms in total. The van der Waals surface area contributed by atoms with Crippen molar-refractivity contribution in [2.75, 3.05) is 17.1 Å². The first-order valence-corrected chi connectivity index (χ1v) is 14.7. The maximum atomic E-state index is 14.0. The number of anilines is 1. The summed E-state index contributed by atoms with van der Waals surface area (Å²) in [6.07, 6.45) is 2.06. The SMILES string of the molecule is CCC(C)NC(=O)C(Cc1ccccc1)N(Cc1ccccc1)C(=O)CN(c1ccc(Cl)cc1)S(C)(=O)=O. The molecule has 0 fully saturated rings. The van der Waals surface area contributed by atoms with Gasteiger partial charge in [0.25, 0.3) is 0 Å². The van der Waals surface area contributed by atoms with E-state index in [1.807, 2.05) is 74.5 Å². The van der Waals surface area contributed by atoms with Crippen LogP contribution in [0, 0.1) is 0 Å². The molecule has 2 amide bonds. The number of amides is 2. The van der Waals surface area contributed by atoms with Crippen LogP contribution in [0.1, 0.15) is 31.4 Å². The Labute approximate surface area is 230 Å². The number of hydrogen-bond acceptors (Lipinski definition) is 4. The zero-order valence-electron chi connectivity index (χ0n) is 21.9. The highest BCUT2D eigenvalue weighted by molar-refractivity contribution is 7.92. The summed E-state index contributed by atoms with van der Waals surface area (Å²) < 4.78 is 26.5. The molecule has 0 aromatic heterocycles. The summed E-state index contributed by atoms with van der Waals surface area (Å²) in [5.74, 6) is -0.778. The van der Waals surface area contributed by atoms with Crippen LogP contribution in [0.15, 0.2) is 84.9 Å². The van der Waals surface area contributed by atoms with Crippen molar-refractivity contribution in [2.45, 2.75) is 45.3 Å². The Morgan fingerprint density at radius 1 is 0.895 bits per heavy atom. The summed E-state index contributed by atoms with van der Waals surface area (Å²) in [6.45, 7) is 3.56. The Kier molecular flexibility index (Phi) is 10.3. The third-order valence-electron chi connectivity index (χ3n) is 6.26. The second-order valence-corrected chi connectivity index (χ2v) is 11.6. The fraction of sp³-hybridized carbons (Fsp3) is 0.310. The van der Waals surface area contributed by atoms with E-state index in [-0.39, 0.29) is 24.9 Å². The fourth-order valence-electron chi connectivity index (χ4n) is 4.00. The first kappa shape index (κ1) is 29.2. The first-order chi connectivity index (χ1) is 18.1. The van der Waals surface area contributed by atoms with Gasteiger partial charge < -0.3 is 10.2 Å². The lowest BCUT2D eigenvalue weighted by Crippen LogP contribution is -2.54. The Morgan fingerprint density at radius 3 is 1.97 bits per heavy atom. The number of rotatable bonds is 12. The van der Waals surface area contributed by atoms with E-state index in [0.29, 0.717) is 10.7 Å². The second-order valence-electron chi connectivity index (χ2n) is 9.28. The predicted octanol–water partition coefficient (Wildman–Crippen LogP) is 4.66. The summed E-state index contributed by atoms with van der Waals surface area (Å²) in [4.78, 5) is 29.0. The third-order valence-corrected chi connectivity index (χ3v) is 7.65. The van der Waals surface area contributed by atoms with Crippen molar-refractivity contribution >= 4 is 39.1 Å². The van der Waals surface area contributed by atoms with E-state index in [1.165, 1.54) is 4.90 Å². The Balaban J connectivity index is 2.03. The van der Waals surface area contributed by atoms with Crippen molar-refractivity contribution < 1.29 is 18.0 Å². The van der Waals surface area contributed by atoms with Crippen LogP contribution in [0.4, 0.5) is 5.69 Å². The summed E-state index contributed by atoms with van der Waals surface area (Å²) in [6, 6.07) is 24.1. The number of benzene rings is 3. The number of nitrogens with zero attached hydrogens (tertiary/aromatic N) is 2. The van der Waals surface area contributed by atoms with Gasteiger partial charge in [-0.3, -0.25) is 13.9 Å². The second kappa shape index (κ2) is 13.4. The van der Waals surface area contributed by atoms with Gasteiger partial charge in [-0.15, -0.1) is 0 Å². The van der Waals surface area contributed by atoms with Gasteiger partial charge in [0.2, 0.25) is 21.8 Å². The van der Waals surface area contributed by atoms with Crippen LogP contribution >= 0.6 is 11.6 Å². The number of carbonyl (C=O) groups excluding carboxylic acids is 2. The van der Waals surface area contributed by atoms with Gasteiger partial charge in [-0.05, 0) is 48.7 Å². The molecule has 3 rings (SSSR count). The van der Waals surface area contributed by atoms with Crippen LogP contribution in [0.3, 0.4) is 0 Å². The standard InChI is InChI=1S/C29H34ClN3O4S/c1-4-22(2)31-29(35)27(19-23-11-7-5-8-12-23)32(20-24-13-9-6-10-14-24)28(34)21-33(38(3,36)37)26-17-15-25(30)16-18-26/h5-18,22,27H,4,19-21H2,1-3H3,(H,31,35). The van der Waals surface area contributed by atoms with E-state index in [9.17, 15) is 18.0 Å². The van der Waals surface area contributed by atoms with E-state index >= 15 is 0 Å². The monoisotopic (exact) mass is 555 g/mol. The van der Waals surface area contributed by atoms with Gasteiger partial charge in [0.05, 0.1) is 11.9 Å². The summed E-state index contributed by atoms with van der Waals surface area (Å²) in [5, 5.41) is 3.46. The zero-order chi connectivity index (χ0) is 27.7. The van der Waals surface area contributed by atoms with Crippen molar-refractivity contribution in [3.05, 3.63) is 101 Å². The Hall–Kier alpha value is -3.36. The van der Waals surface area contributed by atoms with Crippen molar-refractivity contribution in [1.82, 2.24) is 10.2 Å². The molecule has 0 aliphatic heterocycles. The minimum atomic E-state index is -3.82. The van der Waals surface area contributed by atoms with Crippen molar-refractivity contribution in [3.63, 3.8) is 0 Å². The van der Waals surface area contributed by atoms with Gasteiger partial charge >= 0.3 is 0 Å². The average molecular weight is 556 g/mol. The van der Waals surface area contributed by atoms with Crippen molar-refractivity contribution in [2.24, 2.45) is 0 Å². The van der Waals surface area contributed by atoms with Gasteiger partial charge in [0.15, 0.2) is 0 Å². The molecule has 0 aliphatic rings. The maximum Gasteiger partial charge on any atom is 0.244 e. The Morgan fingerprint density at radius 2 is 1.45 bits per heavy atom. The molecule has 0 saturated heterocycles. The van der Waals surface area contributed by atoms with E-state index in [4.69, 9.17) is 11.6 Å². The normalized spacial score (nSPS) is 12.8. The predicted molar refractivity (Wildman–Crippen MR) is 152 cm³/mol. The van der Waals surface area contributed by atoms with E-state index in [0.717, 1.165) is 28.1 Å². The van der Waals surface area contributed by atoms with Crippen LogP contribution in [0.25, 0.3) is 0 Å². The van der Waals surface area contributed by atoms with Gasteiger partial charge in [0.1, 0.15) is 12.6 Å². The number of nitrogens with one attached hydrogen (secondary N) is 1. The summed E-state index contributed by atoms with van der Waals surface area (Å²) in [5.41, 5.74) is 2.03. The summed E-state index contributed by atoms with van der Waals surface area (Å²) >= 11 is 6.00. The fourth-order valence-corrected chi connectivity index (χ4v) is 4.97. The molecule has 0 heterocycles. The number of sulfonamides is 1. The minimum absolute atomic E-state index is 0.0870. The molecule has 38 heavy (non-hydrogen) atoms. The maximum absolute atomic E-state index is 14.0. The van der Waals surface area contributed by atoms with Gasteiger partial charge in [-0.1, -0.05) is 79.2 Å². The van der Waals surface area contributed by atoms with Crippen molar-refractivity contribution in [1.29, 1.82) is 0 Å². The highest BCUT2D eigenvalue weighted by atomic mass is 35.5. The van der Waals surface area contributed by atoms with E-state index in [1.54, 1.807) is 24.3 Å². The molecule has 202 valence electrons. The first-order valence-electron chi connectivity index (χ1n) is 12.5. The largest absolute Gasteiger partial charge is 0.352 e.